The van der Waals surface area contributed by atoms with E-state index in [-0.39, 0.29) is 13.0 Å². The van der Waals surface area contributed by atoms with Gasteiger partial charge >= 0.3 is 5.97 Å². The number of carboxylic acids is 1. The molecule has 0 spiro atoms. The molecule has 9 heteroatoms. The van der Waals surface area contributed by atoms with Crippen molar-refractivity contribution in [3.05, 3.63) is 29.6 Å². The number of sulfonamides is 1. The summed E-state index contributed by atoms with van der Waals surface area (Å²) in [5.41, 5.74) is 0. The van der Waals surface area contributed by atoms with E-state index in [2.05, 4.69) is 0 Å². The molecule has 5 nitrogen and oxygen atoms in total. The Kier molecular flexibility index (Phi) is 4.24. The van der Waals surface area contributed by atoms with Crippen molar-refractivity contribution < 1.29 is 31.5 Å². The third kappa shape index (κ3) is 2.75. The van der Waals surface area contributed by atoms with Crippen LogP contribution in [0.2, 0.25) is 0 Å². The number of carboxylic acid groups (broad SMARTS) is 1. The molecule has 0 aromatic heterocycles. The number of rotatable bonds is 3. The number of hydrogen-bond donors (Lipinski definition) is 1. The molecule has 0 aliphatic carbocycles. The quantitative estimate of drug-likeness (QED) is 0.860. The van der Waals surface area contributed by atoms with Crippen molar-refractivity contribution in [3.63, 3.8) is 0 Å². The van der Waals surface area contributed by atoms with Gasteiger partial charge < -0.3 is 5.11 Å². The van der Waals surface area contributed by atoms with Crippen molar-refractivity contribution in [2.75, 3.05) is 6.54 Å². The molecule has 0 amide bonds. The van der Waals surface area contributed by atoms with E-state index in [1.54, 1.807) is 0 Å². The van der Waals surface area contributed by atoms with E-state index in [4.69, 9.17) is 5.11 Å². The average Bonchev–Trinajstić information content (AvgIpc) is 2.44. The van der Waals surface area contributed by atoms with Gasteiger partial charge in [-0.05, 0) is 31.4 Å². The summed E-state index contributed by atoms with van der Waals surface area (Å²) < 4.78 is 65.0. The Morgan fingerprint density at radius 2 is 1.86 bits per heavy atom. The molecule has 21 heavy (non-hydrogen) atoms. The van der Waals surface area contributed by atoms with Crippen molar-refractivity contribution in [2.45, 2.75) is 30.2 Å². The molecule has 1 heterocycles. The van der Waals surface area contributed by atoms with Crippen LogP contribution in [0, 0.1) is 17.5 Å². The smallest absolute Gasteiger partial charge is 0.322 e. The van der Waals surface area contributed by atoms with Gasteiger partial charge in [-0.25, -0.2) is 21.6 Å². The molecule has 1 N–H and O–H groups in total. The highest BCUT2D eigenvalue weighted by Crippen LogP contribution is 2.28. The predicted molar refractivity (Wildman–Crippen MR) is 65.5 cm³/mol. The summed E-state index contributed by atoms with van der Waals surface area (Å²) in [6, 6.07) is -0.252. The summed E-state index contributed by atoms with van der Waals surface area (Å²) in [5.74, 6) is -6.62. The summed E-state index contributed by atoms with van der Waals surface area (Å²) in [6.45, 7) is -0.113. The fraction of sp³-hybridized carbons (Fsp3) is 0.417. The van der Waals surface area contributed by atoms with Gasteiger partial charge in [0.25, 0.3) is 0 Å². The minimum Gasteiger partial charge on any atom is -0.480 e. The predicted octanol–water partition coefficient (Wildman–Crippen LogP) is 1.73. The Morgan fingerprint density at radius 3 is 2.48 bits per heavy atom. The van der Waals surface area contributed by atoms with Gasteiger partial charge in [0, 0.05) is 6.54 Å². The molecule has 0 unspecified atom stereocenters. The lowest BCUT2D eigenvalue weighted by Gasteiger charge is -2.31. The first-order valence-corrected chi connectivity index (χ1v) is 7.59. The van der Waals surface area contributed by atoms with E-state index < -0.39 is 44.4 Å². The van der Waals surface area contributed by atoms with Gasteiger partial charge in [-0.15, -0.1) is 0 Å². The number of hydrogen-bond acceptors (Lipinski definition) is 3. The Morgan fingerprint density at radius 1 is 1.19 bits per heavy atom. The summed E-state index contributed by atoms with van der Waals surface area (Å²) >= 11 is 0. The van der Waals surface area contributed by atoms with Gasteiger partial charge in [-0.2, -0.15) is 4.31 Å². The average molecular weight is 323 g/mol. The SMILES string of the molecule is O=C(O)[C@@H]1CCCCN1S(=O)(=O)c1ccc(F)c(F)c1F. The van der Waals surface area contributed by atoms with Crippen LogP contribution in [0.5, 0.6) is 0 Å². The van der Waals surface area contributed by atoms with Gasteiger partial charge in [-0.1, -0.05) is 0 Å². The zero-order valence-corrected chi connectivity index (χ0v) is 11.5. The molecule has 1 saturated heterocycles. The molecule has 1 atom stereocenters. The normalized spacial score (nSPS) is 20.4. The van der Waals surface area contributed by atoms with E-state index in [1.165, 1.54) is 0 Å². The highest BCUT2D eigenvalue weighted by Gasteiger charge is 2.39. The second-order valence-electron chi connectivity index (χ2n) is 4.64. The molecular formula is C12H12F3NO4S. The number of aliphatic carboxylic acids is 1. The molecule has 0 radical (unpaired) electrons. The van der Waals surface area contributed by atoms with Crippen LogP contribution >= 0.6 is 0 Å². The summed E-state index contributed by atoms with van der Waals surface area (Å²) in [5, 5.41) is 9.05. The minimum atomic E-state index is -4.56. The fourth-order valence-electron chi connectivity index (χ4n) is 2.27. The second-order valence-corrected chi connectivity index (χ2v) is 6.50. The lowest BCUT2D eigenvalue weighted by Crippen LogP contribution is -2.48. The number of halogens is 3. The van der Waals surface area contributed by atoms with E-state index in [1.807, 2.05) is 0 Å². The first kappa shape index (κ1) is 15.8. The van der Waals surface area contributed by atoms with Crippen LogP contribution in [-0.4, -0.2) is 36.4 Å². The van der Waals surface area contributed by atoms with Crippen molar-refractivity contribution in [2.24, 2.45) is 0 Å². The zero-order chi connectivity index (χ0) is 15.8. The molecule has 0 bridgehead atoms. The third-order valence-corrected chi connectivity index (χ3v) is 5.25. The monoisotopic (exact) mass is 323 g/mol. The highest BCUT2D eigenvalue weighted by atomic mass is 32.2. The van der Waals surface area contributed by atoms with Crippen LogP contribution in [-0.2, 0) is 14.8 Å². The zero-order valence-electron chi connectivity index (χ0n) is 10.7. The van der Waals surface area contributed by atoms with Crippen LogP contribution < -0.4 is 0 Å². The number of nitrogens with zero attached hydrogens (tertiary/aromatic N) is 1. The van der Waals surface area contributed by atoms with E-state index in [0.717, 1.165) is 0 Å². The summed E-state index contributed by atoms with van der Waals surface area (Å²) in [4.78, 5) is 10.1. The van der Waals surface area contributed by atoms with Crippen molar-refractivity contribution in [1.82, 2.24) is 4.31 Å². The van der Waals surface area contributed by atoms with E-state index in [0.29, 0.717) is 29.3 Å². The minimum absolute atomic E-state index is 0.0832. The standard InChI is InChI=1S/C12H12F3NO4S/c13-7-4-5-9(11(15)10(7)14)21(19,20)16-6-2-1-3-8(16)12(17)18/h4-5,8H,1-3,6H2,(H,17,18)/t8-/m0/s1. The van der Waals surface area contributed by atoms with Crippen LogP contribution in [0.25, 0.3) is 0 Å². The lowest BCUT2D eigenvalue weighted by atomic mass is 10.1. The Bertz CT molecular complexity index is 677. The highest BCUT2D eigenvalue weighted by molar-refractivity contribution is 7.89. The molecule has 1 fully saturated rings. The van der Waals surface area contributed by atoms with Gasteiger partial charge in [0.15, 0.2) is 17.5 Å². The van der Waals surface area contributed by atoms with Gasteiger partial charge in [0.1, 0.15) is 10.9 Å². The first-order valence-electron chi connectivity index (χ1n) is 6.15. The van der Waals surface area contributed by atoms with E-state index >= 15 is 0 Å². The van der Waals surface area contributed by atoms with Gasteiger partial charge in [0.05, 0.1) is 0 Å². The number of benzene rings is 1. The molecule has 1 aliphatic rings. The third-order valence-electron chi connectivity index (χ3n) is 3.33. The molecule has 0 saturated carbocycles. The van der Waals surface area contributed by atoms with Crippen molar-refractivity contribution in [1.29, 1.82) is 0 Å². The maximum atomic E-state index is 13.7. The topological polar surface area (TPSA) is 74.7 Å². The van der Waals surface area contributed by atoms with Gasteiger partial charge in [0.2, 0.25) is 10.0 Å². The lowest BCUT2D eigenvalue weighted by molar-refractivity contribution is -0.142. The molecule has 1 aliphatic heterocycles. The molecule has 2 rings (SSSR count). The molecular weight excluding hydrogens is 311 g/mol. The Hall–Kier alpha value is -1.61. The number of piperidine rings is 1. The van der Waals surface area contributed by atoms with Crippen LogP contribution in [0.4, 0.5) is 13.2 Å². The molecule has 116 valence electrons. The molecule has 1 aromatic carbocycles. The fourth-order valence-corrected chi connectivity index (χ4v) is 3.98. The summed E-state index contributed by atoms with van der Waals surface area (Å²) in [7, 11) is -4.56. The first-order chi connectivity index (χ1) is 9.76. The van der Waals surface area contributed by atoms with E-state index in [9.17, 15) is 26.4 Å². The van der Waals surface area contributed by atoms with Crippen LogP contribution in [0.15, 0.2) is 17.0 Å². The largest absolute Gasteiger partial charge is 0.480 e. The number of carbonyl (C=O) groups is 1. The Balaban J connectivity index is 2.51. The van der Waals surface area contributed by atoms with Crippen LogP contribution in [0.1, 0.15) is 19.3 Å². The van der Waals surface area contributed by atoms with Crippen molar-refractivity contribution >= 4 is 16.0 Å². The Labute approximate surface area is 119 Å². The van der Waals surface area contributed by atoms with Crippen molar-refractivity contribution in [3.8, 4) is 0 Å². The molecule has 1 aromatic rings. The maximum absolute atomic E-state index is 13.7. The van der Waals surface area contributed by atoms with Crippen LogP contribution in [0.3, 0.4) is 0 Å². The maximum Gasteiger partial charge on any atom is 0.322 e. The summed E-state index contributed by atoms with van der Waals surface area (Å²) in [6.07, 6.45) is 1.01. The second kappa shape index (κ2) is 5.64. The van der Waals surface area contributed by atoms with Gasteiger partial charge in [-0.3, -0.25) is 4.79 Å².